The molecule has 0 radical (unpaired) electrons. The Bertz CT molecular complexity index is 338. The van der Waals surface area contributed by atoms with Crippen LogP contribution in [-0.2, 0) is 6.54 Å². The highest BCUT2D eigenvalue weighted by Gasteiger charge is 2.19. The summed E-state index contributed by atoms with van der Waals surface area (Å²) in [6.45, 7) is 2.07. The Balaban J connectivity index is 2.03. The van der Waals surface area contributed by atoms with Crippen molar-refractivity contribution in [3.8, 4) is 0 Å². The fourth-order valence-corrected chi connectivity index (χ4v) is 1.59. The van der Waals surface area contributed by atoms with Crippen LogP contribution in [0.25, 0.3) is 0 Å². The molecule has 5 heteroatoms. The van der Waals surface area contributed by atoms with Crippen LogP contribution in [-0.4, -0.2) is 29.0 Å². The zero-order valence-electron chi connectivity index (χ0n) is 7.53. The van der Waals surface area contributed by atoms with Crippen LogP contribution in [0.4, 0.5) is 4.79 Å². The predicted octanol–water partition coefficient (Wildman–Crippen LogP) is 1.37. The SMILES string of the molecule is O=C1NCCN1Cc1ccc(Br)cn1. The number of carbonyl (C=O) groups is 1. The first-order valence-electron chi connectivity index (χ1n) is 4.39. The van der Waals surface area contributed by atoms with E-state index in [0.717, 1.165) is 23.3 Å². The Morgan fingerprint density at radius 1 is 1.57 bits per heavy atom. The topological polar surface area (TPSA) is 45.2 Å². The highest BCUT2D eigenvalue weighted by molar-refractivity contribution is 9.10. The standard InChI is InChI=1S/C9H10BrN3O/c10-7-1-2-8(12-5-7)6-13-4-3-11-9(13)14/h1-2,5H,3-4,6H2,(H,11,14). The number of nitrogens with zero attached hydrogens (tertiary/aromatic N) is 2. The van der Waals surface area contributed by atoms with Gasteiger partial charge in [0.15, 0.2) is 0 Å². The quantitative estimate of drug-likeness (QED) is 0.868. The third kappa shape index (κ3) is 2.04. The number of halogens is 1. The maximum absolute atomic E-state index is 11.2. The molecule has 0 saturated carbocycles. The lowest BCUT2D eigenvalue weighted by molar-refractivity contribution is 0.215. The lowest BCUT2D eigenvalue weighted by Gasteiger charge is -2.12. The van der Waals surface area contributed by atoms with Crippen molar-refractivity contribution in [3.63, 3.8) is 0 Å². The van der Waals surface area contributed by atoms with Gasteiger partial charge in [0.2, 0.25) is 0 Å². The molecule has 2 rings (SSSR count). The molecule has 2 heterocycles. The van der Waals surface area contributed by atoms with Crippen LogP contribution in [0.3, 0.4) is 0 Å². The van der Waals surface area contributed by atoms with Crippen molar-refractivity contribution >= 4 is 22.0 Å². The third-order valence-corrected chi connectivity index (χ3v) is 2.56. The molecule has 1 aliphatic heterocycles. The molecule has 2 amide bonds. The number of pyridine rings is 1. The molecule has 0 aromatic carbocycles. The van der Waals surface area contributed by atoms with Gasteiger partial charge >= 0.3 is 6.03 Å². The Morgan fingerprint density at radius 2 is 2.43 bits per heavy atom. The van der Waals surface area contributed by atoms with E-state index in [1.54, 1.807) is 11.1 Å². The normalized spacial score (nSPS) is 15.8. The zero-order chi connectivity index (χ0) is 9.97. The van der Waals surface area contributed by atoms with Crippen LogP contribution in [0.1, 0.15) is 5.69 Å². The number of amides is 2. The van der Waals surface area contributed by atoms with E-state index < -0.39 is 0 Å². The number of aromatic nitrogens is 1. The summed E-state index contributed by atoms with van der Waals surface area (Å²) < 4.78 is 0.951. The second-order valence-corrected chi connectivity index (χ2v) is 4.04. The van der Waals surface area contributed by atoms with E-state index in [9.17, 15) is 4.79 Å². The van der Waals surface area contributed by atoms with Crippen LogP contribution >= 0.6 is 15.9 Å². The highest BCUT2D eigenvalue weighted by atomic mass is 79.9. The van der Waals surface area contributed by atoms with E-state index >= 15 is 0 Å². The van der Waals surface area contributed by atoms with Gasteiger partial charge in [0.25, 0.3) is 0 Å². The summed E-state index contributed by atoms with van der Waals surface area (Å²) in [6.07, 6.45) is 1.74. The first-order valence-corrected chi connectivity index (χ1v) is 5.18. The number of nitrogens with one attached hydrogen (secondary N) is 1. The maximum atomic E-state index is 11.2. The summed E-state index contributed by atoms with van der Waals surface area (Å²) in [5, 5.41) is 2.75. The van der Waals surface area contributed by atoms with Crippen molar-refractivity contribution in [2.45, 2.75) is 6.54 Å². The summed E-state index contributed by atoms with van der Waals surface area (Å²) >= 11 is 3.31. The molecule has 0 bridgehead atoms. The molecular weight excluding hydrogens is 246 g/mol. The fraction of sp³-hybridized carbons (Fsp3) is 0.333. The van der Waals surface area contributed by atoms with Gasteiger partial charge in [-0.1, -0.05) is 0 Å². The van der Waals surface area contributed by atoms with Gasteiger partial charge in [0, 0.05) is 23.8 Å². The Morgan fingerprint density at radius 3 is 3.00 bits per heavy atom. The molecule has 1 aromatic heterocycles. The van der Waals surface area contributed by atoms with Crippen LogP contribution in [0.5, 0.6) is 0 Å². The average molecular weight is 256 g/mol. The highest BCUT2D eigenvalue weighted by Crippen LogP contribution is 2.10. The molecule has 1 fully saturated rings. The molecular formula is C9H10BrN3O. The number of hydrogen-bond donors (Lipinski definition) is 1. The van der Waals surface area contributed by atoms with Crippen molar-refractivity contribution in [3.05, 3.63) is 28.5 Å². The molecule has 4 nitrogen and oxygen atoms in total. The van der Waals surface area contributed by atoms with Crippen LogP contribution in [0.2, 0.25) is 0 Å². The second kappa shape index (κ2) is 3.96. The molecule has 0 unspecified atom stereocenters. The minimum absolute atomic E-state index is 0.00489. The smallest absolute Gasteiger partial charge is 0.317 e. The lowest BCUT2D eigenvalue weighted by atomic mass is 10.3. The van der Waals surface area contributed by atoms with Gasteiger partial charge in [-0.15, -0.1) is 0 Å². The Hall–Kier alpha value is -1.10. The third-order valence-electron chi connectivity index (χ3n) is 2.09. The molecule has 0 aliphatic carbocycles. The summed E-state index contributed by atoms with van der Waals surface area (Å²) in [5.41, 5.74) is 0.908. The maximum Gasteiger partial charge on any atom is 0.317 e. The van der Waals surface area contributed by atoms with Crippen LogP contribution < -0.4 is 5.32 Å². The Kier molecular flexibility index (Phi) is 2.67. The second-order valence-electron chi connectivity index (χ2n) is 3.12. The molecule has 1 N–H and O–H groups in total. The van der Waals surface area contributed by atoms with E-state index in [1.165, 1.54) is 0 Å². The fourth-order valence-electron chi connectivity index (χ4n) is 1.36. The minimum Gasteiger partial charge on any atom is -0.336 e. The zero-order valence-corrected chi connectivity index (χ0v) is 9.12. The van der Waals surface area contributed by atoms with Gasteiger partial charge in [0.1, 0.15) is 0 Å². The Labute approximate surface area is 90.4 Å². The monoisotopic (exact) mass is 255 g/mol. The van der Waals surface area contributed by atoms with E-state index in [4.69, 9.17) is 0 Å². The van der Waals surface area contributed by atoms with Crippen molar-refractivity contribution in [2.24, 2.45) is 0 Å². The van der Waals surface area contributed by atoms with Crippen LogP contribution in [0, 0.1) is 0 Å². The largest absolute Gasteiger partial charge is 0.336 e. The number of carbonyl (C=O) groups excluding carboxylic acids is 1. The van der Waals surface area contributed by atoms with E-state index in [-0.39, 0.29) is 6.03 Å². The molecule has 0 atom stereocenters. The average Bonchev–Trinajstić information content (AvgIpc) is 2.56. The van der Waals surface area contributed by atoms with E-state index in [0.29, 0.717) is 6.54 Å². The number of urea groups is 1. The van der Waals surface area contributed by atoms with Crippen molar-refractivity contribution in [2.75, 3.05) is 13.1 Å². The summed E-state index contributed by atoms with van der Waals surface area (Å²) in [6, 6.07) is 3.83. The van der Waals surface area contributed by atoms with Gasteiger partial charge in [-0.2, -0.15) is 0 Å². The molecule has 0 spiro atoms. The first-order chi connectivity index (χ1) is 6.75. The van der Waals surface area contributed by atoms with Crippen molar-refractivity contribution in [1.82, 2.24) is 15.2 Å². The van der Waals surface area contributed by atoms with Crippen molar-refractivity contribution < 1.29 is 4.79 Å². The summed E-state index contributed by atoms with van der Waals surface area (Å²) in [5.74, 6) is 0. The lowest BCUT2D eigenvalue weighted by Crippen LogP contribution is -2.27. The summed E-state index contributed by atoms with van der Waals surface area (Å²) in [7, 11) is 0. The van der Waals surface area contributed by atoms with Gasteiger partial charge in [-0.3, -0.25) is 4.98 Å². The first kappa shape index (κ1) is 9.45. The van der Waals surface area contributed by atoms with Crippen molar-refractivity contribution in [1.29, 1.82) is 0 Å². The predicted molar refractivity (Wildman–Crippen MR) is 55.7 cm³/mol. The molecule has 14 heavy (non-hydrogen) atoms. The molecule has 74 valence electrons. The number of hydrogen-bond acceptors (Lipinski definition) is 2. The van der Waals surface area contributed by atoms with Gasteiger partial charge in [-0.25, -0.2) is 4.79 Å². The van der Waals surface area contributed by atoms with E-state index in [2.05, 4.69) is 26.2 Å². The molecule has 1 aliphatic rings. The molecule has 1 saturated heterocycles. The van der Waals surface area contributed by atoms with Gasteiger partial charge in [0.05, 0.1) is 12.2 Å². The van der Waals surface area contributed by atoms with Crippen LogP contribution in [0.15, 0.2) is 22.8 Å². The van der Waals surface area contributed by atoms with Gasteiger partial charge in [-0.05, 0) is 28.1 Å². The number of rotatable bonds is 2. The van der Waals surface area contributed by atoms with Gasteiger partial charge < -0.3 is 10.2 Å². The minimum atomic E-state index is -0.00489. The van der Waals surface area contributed by atoms with E-state index in [1.807, 2.05) is 12.1 Å². The summed E-state index contributed by atoms with van der Waals surface area (Å²) in [4.78, 5) is 17.2. The molecule has 1 aromatic rings.